The van der Waals surface area contributed by atoms with Crippen molar-refractivity contribution < 1.29 is 0 Å². The van der Waals surface area contributed by atoms with Crippen LogP contribution in [-0.4, -0.2) is 37.7 Å². The minimum atomic E-state index is 0.0252. The molecule has 0 atom stereocenters. The summed E-state index contributed by atoms with van der Waals surface area (Å²) in [5.41, 5.74) is 5.87. The molecule has 1 fully saturated rings. The molecule has 0 spiro atoms. The van der Waals surface area contributed by atoms with Crippen LogP contribution in [0.2, 0.25) is 0 Å². The van der Waals surface area contributed by atoms with Crippen molar-refractivity contribution in [3.05, 3.63) is 12.2 Å². The first kappa shape index (κ1) is 15.4. The van der Waals surface area contributed by atoms with Gasteiger partial charge in [0.25, 0.3) is 0 Å². The first-order valence-corrected chi connectivity index (χ1v) is 7.70. The Morgan fingerprint density at radius 1 is 1.45 bits per heavy atom. The number of likely N-dealkylation sites (tertiary alicyclic amines) is 1. The van der Waals surface area contributed by atoms with Gasteiger partial charge >= 0.3 is 0 Å². The summed E-state index contributed by atoms with van der Waals surface area (Å²) in [6, 6.07) is 0. The van der Waals surface area contributed by atoms with E-state index in [0.717, 1.165) is 44.8 Å². The highest BCUT2D eigenvalue weighted by Gasteiger charge is 2.32. The topological polar surface area (TPSA) is 60.0 Å². The summed E-state index contributed by atoms with van der Waals surface area (Å²) in [4.78, 5) is 7.46. The Morgan fingerprint density at radius 3 is 2.65 bits per heavy atom. The van der Waals surface area contributed by atoms with Gasteiger partial charge in [-0.3, -0.25) is 4.90 Å². The minimum Gasteiger partial charge on any atom is -0.393 e. The van der Waals surface area contributed by atoms with Crippen molar-refractivity contribution in [2.24, 2.45) is 17.1 Å². The van der Waals surface area contributed by atoms with E-state index < -0.39 is 0 Å². The molecule has 0 amide bonds. The van der Waals surface area contributed by atoms with Crippen LogP contribution in [0.4, 0.5) is 0 Å². The number of piperidine rings is 1. The molecule has 2 rings (SSSR count). The number of nitrogens with two attached hydrogens (primary N) is 1. The van der Waals surface area contributed by atoms with E-state index in [1.807, 2.05) is 4.68 Å². The van der Waals surface area contributed by atoms with E-state index in [-0.39, 0.29) is 5.41 Å². The zero-order valence-corrected chi connectivity index (χ0v) is 13.5. The van der Waals surface area contributed by atoms with Gasteiger partial charge in [-0.25, -0.2) is 9.67 Å². The molecule has 0 unspecified atom stereocenters. The summed E-state index contributed by atoms with van der Waals surface area (Å²) >= 11 is 5.18. The molecule has 2 heterocycles. The number of hydrogen-bond acceptors (Lipinski definition) is 4. The van der Waals surface area contributed by atoms with Crippen molar-refractivity contribution in [3.8, 4) is 0 Å². The molecule has 0 radical (unpaired) electrons. The Morgan fingerprint density at radius 2 is 2.10 bits per heavy atom. The normalized spacial score (nSPS) is 19.4. The van der Waals surface area contributed by atoms with Gasteiger partial charge in [-0.15, -0.1) is 0 Å². The van der Waals surface area contributed by atoms with Gasteiger partial charge in [0, 0.05) is 12.0 Å². The van der Waals surface area contributed by atoms with Crippen LogP contribution in [0.3, 0.4) is 0 Å². The van der Waals surface area contributed by atoms with Gasteiger partial charge in [-0.2, -0.15) is 5.10 Å². The highest BCUT2D eigenvalue weighted by Crippen LogP contribution is 2.31. The van der Waals surface area contributed by atoms with Gasteiger partial charge in [0.05, 0.1) is 11.5 Å². The molecule has 1 aliphatic rings. The number of aromatic nitrogens is 3. The minimum absolute atomic E-state index is 0.0252. The summed E-state index contributed by atoms with van der Waals surface area (Å²) < 4.78 is 2.02. The summed E-state index contributed by atoms with van der Waals surface area (Å²) in [5.74, 6) is 1.63. The lowest BCUT2D eigenvalue weighted by Gasteiger charge is -2.38. The Balaban J connectivity index is 1.93. The molecular formula is C14H25N5S. The first-order chi connectivity index (χ1) is 9.40. The van der Waals surface area contributed by atoms with Gasteiger partial charge < -0.3 is 5.73 Å². The molecule has 0 saturated carbocycles. The fraction of sp³-hybridized carbons (Fsp3) is 0.786. The van der Waals surface area contributed by atoms with Crippen molar-refractivity contribution >= 4 is 17.2 Å². The second-order valence-electron chi connectivity index (χ2n) is 6.45. The van der Waals surface area contributed by atoms with Gasteiger partial charge in [0.2, 0.25) is 0 Å². The van der Waals surface area contributed by atoms with Crippen LogP contribution in [0.25, 0.3) is 0 Å². The second-order valence-corrected chi connectivity index (χ2v) is 6.89. The zero-order chi connectivity index (χ0) is 14.8. The van der Waals surface area contributed by atoms with E-state index in [9.17, 15) is 0 Å². The molecule has 0 bridgehead atoms. The highest BCUT2D eigenvalue weighted by molar-refractivity contribution is 7.80. The number of hydrogen-bond donors (Lipinski definition) is 1. The number of thiocarbonyl (C=S) groups is 1. The van der Waals surface area contributed by atoms with E-state index in [0.29, 0.717) is 10.9 Å². The molecule has 1 saturated heterocycles. The van der Waals surface area contributed by atoms with Crippen molar-refractivity contribution in [2.45, 2.75) is 46.7 Å². The molecule has 5 nitrogen and oxygen atoms in total. The Kier molecular flexibility index (Phi) is 4.75. The van der Waals surface area contributed by atoms with Crippen LogP contribution in [-0.2, 0) is 13.1 Å². The van der Waals surface area contributed by atoms with Crippen LogP contribution in [0.1, 0.15) is 39.4 Å². The summed E-state index contributed by atoms with van der Waals surface area (Å²) in [7, 11) is 0. The number of nitrogens with zero attached hydrogens (tertiary/aromatic N) is 4. The second kappa shape index (κ2) is 6.18. The Bertz CT molecular complexity index is 460. The van der Waals surface area contributed by atoms with E-state index in [4.69, 9.17) is 18.0 Å². The molecule has 0 aliphatic carbocycles. The quantitative estimate of drug-likeness (QED) is 0.840. The third-order valence-electron chi connectivity index (χ3n) is 4.15. The van der Waals surface area contributed by atoms with E-state index in [1.54, 1.807) is 6.33 Å². The lowest BCUT2D eigenvalue weighted by Crippen LogP contribution is -2.44. The van der Waals surface area contributed by atoms with Gasteiger partial charge in [-0.1, -0.05) is 33.0 Å². The lowest BCUT2D eigenvalue weighted by molar-refractivity contribution is 0.152. The summed E-state index contributed by atoms with van der Waals surface area (Å²) in [5, 5.41) is 4.32. The largest absolute Gasteiger partial charge is 0.393 e. The van der Waals surface area contributed by atoms with Crippen molar-refractivity contribution in [1.82, 2.24) is 19.7 Å². The highest BCUT2D eigenvalue weighted by atomic mass is 32.1. The van der Waals surface area contributed by atoms with E-state index in [2.05, 4.69) is 35.8 Å². The van der Waals surface area contributed by atoms with Gasteiger partial charge in [0.1, 0.15) is 12.2 Å². The average molecular weight is 295 g/mol. The standard InChI is InChI=1S/C14H25N5S/c1-11(2)8-19-12(16-10-17-19)9-18-6-4-14(3,5-7-18)13(15)20/h10-11H,4-9H2,1-3H3,(H2,15,20). The predicted octanol–water partition coefficient (Wildman–Crippen LogP) is 1.82. The van der Waals surface area contributed by atoms with Crippen LogP contribution >= 0.6 is 12.2 Å². The lowest BCUT2D eigenvalue weighted by atomic mass is 9.80. The van der Waals surface area contributed by atoms with E-state index >= 15 is 0 Å². The molecule has 2 N–H and O–H groups in total. The van der Waals surface area contributed by atoms with Crippen molar-refractivity contribution in [2.75, 3.05) is 13.1 Å². The molecular weight excluding hydrogens is 270 g/mol. The monoisotopic (exact) mass is 295 g/mol. The van der Waals surface area contributed by atoms with Crippen LogP contribution < -0.4 is 5.73 Å². The molecule has 0 aromatic carbocycles. The number of rotatable bonds is 5. The zero-order valence-electron chi connectivity index (χ0n) is 12.7. The smallest absolute Gasteiger partial charge is 0.141 e. The fourth-order valence-corrected chi connectivity index (χ4v) is 2.76. The van der Waals surface area contributed by atoms with Gasteiger partial charge in [-0.05, 0) is 31.8 Å². The SMILES string of the molecule is CC(C)Cn1ncnc1CN1CCC(C)(C(N)=S)CC1. The van der Waals surface area contributed by atoms with Crippen LogP contribution in [0.5, 0.6) is 0 Å². The maximum atomic E-state index is 5.85. The van der Waals surface area contributed by atoms with E-state index in [1.165, 1.54) is 0 Å². The first-order valence-electron chi connectivity index (χ1n) is 7.29. The fourth-order valence-electron chi connectivity index (χ4n) is 2.56. The molecule has 112 valence electrons. The summed E-state index contributed by atoms with van der Waals surface area (Å²) in [6.45, 7) is 10.4. The van der Waals surface area contributed by atoms with Gasteiger partial charge in [0.15, 0.2) is 0 Å². The molecule has 20 heavy (non-hydrogen) atoms. The third kappa shape index (κ3) is 3.55. The maximum absolute atomic E-state index is 5.85. The summed E-state index contributed by atoms with van der Waals surface area (Å²) in [6.07, 6.45) is 3.71. The van der Waals surface area contributed by atoms with Crippen molar-refractivity contribution in [1.29, 1.82) is 0 Å². The predicted molar refractivity (Wildman–Crippen MR) is 84.3 cm³/mol. The molecule has 1 aromatic rings. The maximum Gasteiger partial charge on any atom is 0.141 e. The molecule has 1 aromatic heterocycles. The average Bonchev–Trinajstić information content (AvgIpc) is 2.79. The van der Waals surface area contributed by atoms with Crippen LogP contribution in [0.15, 0.2) is 6.33 Å². The third-order valence-corrected chi connectivity index (χ3v) is 4.65. The molecule has 6 heteroatoms. The van der Waals surface area contributed by atoms with Crippen molar-refractivity contribution in [3.63, 3.8) is 0 Å². The van der Waals surface area contributed by atoms with Crippen LogP contribution in [0, 0.1) is 11.3 Å². The Hall–Kier alpha value is -1.01. The Labute approximate surface area is 126 Å². The molecule has 1 aliphatic heterocycles.